The molecule has 1 unspecified atom stereocenters. The van der Waals surface area contributed by atoms with E-state index in [1.165, 1.54) is 0 Å². The minimum Gasteiger partial charge on any atom is -0.496 e. The van der Waals surface area contributed by atoms with E-state index in [-0.39, 0.29) is 6.04 Å². The van der Waals surface area contributed by atoms with E-state index in [0.717, 1.165) is 40.0 Å². The summed E-state index contributed by atoms with van der Waals surface area (Å²) >= 11 is 3.57. The van der Waals surface area contributed by atoms with Crippen LogP contribution in [0.15, 0.2) is 28.9 Å². The number of nitrogens with zero attached hydrogens (tertiary/aromatic N) is 2. The Morgan fingerprint density at radius 2 is 2.24 bits per heavy atom. The molecule has 114 valence electrons. The molecule has 1 heterocycles. The SMILES string of the molecule is CCCn1ncc(Br)c1C(NN)c1ccc(C)c(OC)c1. The Kier molecular flexibility index (Phi) is 5.39. The zero-order valence-corrected chi connectivity index (χ0v) is 14.1. The summed E-state index contributed by atoms with van der Waals surface area (Å²) in [4.78, 5) is 0. The second-order valence-electron chi connectivity index (χ2n) is 4.93. The monoisotopic (exact) mass is 352 g/mol. The molecular formula is C15H21BrN4O. The van der Waals surface area contributed by atoms with Gasteiger partial charge in [0.1, 0.15) is 5.75 Å². The van der Waals surface area contributed by atoms with Crippen molar-refractivity contribution in [3.63, 3.8) is 0 Å². The predicted molar refractivity (Wildman–Crippen MR) is 87.1 cm³/mol. The second-order valence-corrected chi connectivity index (χ2v) is 5.78. The highest BCUT2D eigenvalue weighted by atomic mass is 79.9. The number of benzene rings is 1. The predicted octanol–water partition coefficient (Wildman–Crippen LogP) is 2.93. The van der Waals surface area contributed by atoms with Crippen LogP contribution in [0, 0.1) is 6.92 Å². The molecule has 2 aromatic rings. The van der Waals surface area contributed by atoms with Crippen molar-refractivity contribution in [3.8, 4) is 5.75 Å². The van der Waals surface area contributed by atoms with E-state index in [2.05, 4.69) is 39.4 Å². The molecule has 1 aromatic heterocycles. The number of hydrazine groups is 1. The Balaban J connectivity index is 2.47. The molecule has 0 spiro atoms. The van der Waals surface area contributed by atoms with Crippen molar-refractivity contribution >= 4 is 15.9 Å². The molecule has 0 aliphatic rings. The molecule has 0 aliphatic heterocycles. The van der Waals surface area contributed by atoms with Crippen LogP contribution in [0.25, 0.3) is 0 Å². The molecule has 2 rings (SSSR count). The molecule has 0 saturated heterocycles. The van der Waals surface area contributed by atoms with Gasteiger partial charge in [0.05, 0.1) is 29.5 Å². The third-order valence-electron chi connectivity index (χ3n) is 3.47. The molecule has 0 bridgehead atoms. The summed E-state index contributed by atoms with van der Waals surface area (Å²) in [7, 11) is 1.67. The molecule has 6 heteroatoms. The summed E-state index contributed by atoms with van der Waals surface area (Å²) in [6.07, 6.45) is 2.82. The number of aryl methyl sites for hydroxylation is 2. The number of aromatic nitrogens is 2. The van der Waals surface area contributed by atoms with Gasteiger partial charge in [-0.2, -0.15) is 5.10 Å². The largest absolute Gasteiger partial charge is 0.496 e. The summed E-state index contributed by atoms with van der Waals surface area (Å²) < 4.78 is 8.32. The summed E-state index contributed by atoms with van der Waals surface area (Å²) in [6.45, 7) is 4.99. The molecule has 0 fully saturated rings. The van der Waals surface area contributed by atoms with E-state index in [9.17, 15) is 0 Å². The Hall–Kier alpha value is -1.37. The lowest BCUT2D eigenvalue weighted by atomic mass is 10.0. The number of ether oxygens (including phenoxy) is 1. The highest BCUT2D eigenvalue weighted by Crippen LogP contribution is 2.31. The van der Waals surface area contributed by atoms with Gasteiger partial charge >= 0.3 is 0 Å². The number of hydrogen-bond acceptors (Lipinski definition) is 4. The number of nitrogens with two attached hydrogens (primary N) is 1. The van der Waals surface area contributed by atoms with Crippen LogP contribution in [0.2, 0.25) is 0 Å². The maximum Gasteiger partial charge on any atom is 0.122 e. The number of halogens is 1. The van der Waals surface area contributed by atoms with Gasteiger partial charge in [0.25, 0.3) is 0 Å². The van der Waals surface area contributed by atoms with Gasteiger partial charge in [-0.25, -0.2) is 5.43 Å². The van der Waals surface area contributed by atoms with Crippen molar-refractivity contribution < 1.29 is 4.74 Å². The van der Waals surface area contributed by atoms with Crippen molar-refractivity contribution in [2.75, 3.05) is 7.11 Å². The molecule has 0 amide bonds. The topological polar surface area (TPSA) is 65.1 Å². The lowest BCUT2D eigenvalue weighted by molar-refractivity contribution is 0.410. The second kappa shape index (κ2) is 7.06. The first-order valence-corrected chi connectivity index (χ1v) is 7.73. The minimum atomic E-state index is -0.150. The van der Waals surface area contributed by atoms with E-state index < -0.39 is 0 Å². The molecule has 21 heavy (non-hydrogen) atoms. The zero-order chi connectivity index (χ0) is 15.4. The third kappa shape index (κ3) is 3.28. The maximum atomic E-state index is 5.81. The molecule has 0 saturated carbocycles. The highest BCUT2D eigenvalue weighted by Gasteiger charge is 2.21. The van der Waals surface area contributed by atoms with Crippen LogP contribution in [0.1, 0.15) is 36.2 Å². The third-order valence-corrected chi connectivity index (χ3v) is 4.09. The first-order chi connectivity index (χ1) is 10.1. The van der Waals surface area contributed by atoms with Gasteiger partial charge < -0.3 is 4.74 Å². The number of nitrogens with one attached hydrogen (secondary N) is 1. The van der Waals surface area contributed by atoms with E-state index >= 15 is 0 Å². The number of rotatable bonds is 6. The minimum absolute atomic E-state index is 0.150. The van der Waals surface area contributed by atoms with Crippen LogP contribution < -0.4 is 16.0 Å². The van der Waals surface area contributed by atoms with Gasteiger partial charge in [-0.1, -0.05) is 19.1 Å². The number of hydrogen-bond donors (Lipinski definition) is 2. The van der Waals surface area contributed by atoms with Crippen LogP contribution in [0.5, 0.6) is 5.75 Å². The first-order valence-electron chi connectivity index (χ1n) is 6.94. The van der Waals surface area contributed by atoms with Crippen LogP contribution in [-0.4, -0.2) is 16.9 Å². The lowest BCUT2D eigenvalue weighted by Gasteiger charge is -2.20. The Morgan fingerprint density at radius 3 is 2.86 bits per heavy atom. The molecule has 0 radical (unpaired) electrons. The Morgan fingerprint density at radius 1 is 1.48 bits per heavy atom. The van der Waals surface area contributed by atoms with E-state index in [1.807, 2.05) is 23.7 Å². The average molecular weight is 353 g/mol. The van der Waals surface area contributed by atoms with Gasteiger partial charge in [0.2, 0.25) is 0 Å². The van der Waals surface area contributed by atoms with Crippen molar-refractivity contribution in [2.45, 2.75) is 32.9 Å². The molecule has 3 N–H and O–H groups in total. The molecule has 5 nitrogen and oxygen atoms in total. The fourth-order valence-corrected chi connectivity index (χ4v) is 2.92. The Labute approximate surface area is 133 Å². The summed E-state index contributed by atoms with van der Waals surface area (Å²) in [5.74, 6) is 6.66. The van der Waals surface area contributed by atoms with Gasteiger partial charge in [0, 0.05) is 6.54 Å². The highest BCUT2D eigenvalue weighted by molar-refractivity contribution is 9.10. The zero-order valence-electron chi connectivity index (χ0n) is 12.6. The Bertz CT molecular complexity index is 612. The molecule has 0 aliphatic carbocycles. The molecular weight excluding hydrogens is 332 g/mol. The number of methoxy groups -OCH3 is 1. The van der Waals surface area contributed by atoms with E-state index in [1.54, 1.807) is 13.3 Å². The van der Waals surface area contributed by atoms with Crippen molar-refractivity contribution in [1.29, 1.82) is 0 Å². The summed E-state index contributed by atoms with van der Waals surface area (Å²) in [5.41, 5.74) is 6.04. The maximum absolute atomic E-state index is 5.81. The fraction of sp³-hybridized carbons (Fsp3) is 0.400. The van der Waals surface area contributed by atoms with Crippen molar-refractivity contribution in [1.82, 2.24) is 15.2 Å². The smallest absolute Gasteiger partial charge is 0.122 e. The van der Waals surface area contributed by atoms with E-state index in [0.29, 0.717) is 0 Å². The quantitative estimate of drug-likeness (QED) is 0.619. The molecule has 1 aromatic carbocycles. The van der Waals surface area contributed by atoms with Gasteiger partial charge in [-0.3, -0.25) is 10.5 Å². The van der Waals surface area contributed by atoms with Crippen LogP contribution >= 0.6 is 15.9 Å². The molecule has 1 atom stereocenters. The van der Waals surface area contributed by atoms with E-state index in [4.69, 9.17) is 10.6 Å². The van der Waals surface area contributed by atoms with Crippen molar-refractivity contribution in [2.24, 2.45) is 5.84 Å². The lowest BCUT2D eigenvalue weighted by Crippen LogP contribution is -2.31. The summed E-state index contributed by atoms with van der Waals surface area (Å²) in [5, 5.41) is 4.40. The van der Waals surface area contributed by atoms with Crippen LogP contribution in [0.4, 0.5) is 0 Å². The van der Waals surface area contributed by atoms with Gasteiger partial charge in [-0.05, 0) is 46.5 Å². The fourth-order valence-electron chi connectivity index (χ4n) is 2.40. The normalized spacial score (nSPS) is 12.4. The van der Waals surface area contributed by atoms with Crippen molar-refractivity contribution in [3.05, 3.63) is 45.7 Å². The van der Waals surface area contributed by atoms with Crippen LogP contribution in [0.3, 0.4) is 0 Å². The average Bonchev–Trinajstić information content (AvgIpc) is 2.83. The van der Waals surface area contributed by atoms with Gasteiger partial charge in [0.15, 0.2) is 0 Å². The van der Waals surface area contributed by atoms with Crippen LogP contribution in [-0.2, 0) is 6.54 Å². The summed E-state index contributed by atoms with van der Waals surface area (Å²) in [6, 6.07) is 5.95. The standard InChI is InChI=1S/C15H21BrN4O/c1-4-7-20-15(12(16)9-18-20)14(19-17)11-6-5-10(2)13(8-11)21-3/h5-6,8-9,14,19H,4,7,17H2,1-3H3. The first kappa shape index (κ1) is 16.0. The van der Waals surface area contributed by atoms with Gasteiger partial charge in [-0.15, -0.1) is 0 Å².